The van der Waals surface area contributed by atoms with Crippen molar-refractivity contribution in [2.24, 2.45) is 5.92 Å². The molecule has 1 heterocycles. The molecule has 7 heteroatoms. The van der Waals surface area contributed by atoms with Crippen LogP contribution in [-0.2, 0) is 4.79 Å². The van der Waals surface area contributed by atoms with E-state index in [1.807, 2.05) is 0 Å². The van der Waals surface area contributed by atoms with Crippen LogP contribution in [-0.4, -0.2) is 41.6 Å². The largest absolute Gasteiger partial charge is 0.481 e. The van der Waals surface area contributed by atoms with E-state index >= 15 is 0 Å². The van der Waals surface area contributed by atoms with E-state index in [1.165, 1.54) is 23.1 Å². The highest BCUT2D eigenvalue weighted by Crippen LogP contribution is 2.25. The number of carbonyl (C=O) groups excluding carboxylic acids is 1. The molecule has 114 valence electrons. The monoisotopic (exact) mass is 299 g/mol. The highest BCUT2D eigenvalue weighted by Gasteiger charge is 2.28. The lowest BCUT2D eigenvalue weighted by Gasteiger charge is -2.30. The van der Waals surface area contributed by atoms with E-state index in [1.54, 1.807) is 6.07 Å². The summed E-state index contributed by atoms with van der Waals surface area (Å²) >= 11 is 0. The Balaban J connectivity index is 2.09. The zero-order valence-electron chi connectivity index (χ0n) is 11.2. The molecule has 0 aromatic heterocycles. The number of piperidine rings is 1. The number of rotatable bonds is 4. The van der Waals surface area contributed by atoms with Crippen LogP contribution in [0.3, 0.4) is 0 Å². The second-order valence-electron chi connectivity index (χ2n) is 4.78. The first-order valence-electron chi connectivity index (χ1n) is 6.55. The van der Waals surface area contributed by atoms with Gasteiger partial charge in [0.25, 0.3) is 5.91 Å². The average molecular weight is 299 g/mol. The summed E-state index contributed by atoms with van der Waals surface area (Å²) in [5.74, 6) is -1.92. The first kappa shape index (κ1) is 15.2. The van der Waals surface area contributed by atoms with Gasteiger partial charge >= 0.3 is 12.6 Å². The normalized spacial score (nSPS) is 16.0. The second kappa shape index (κ2) is 6.51. The number of para-hydroxylation sites is 1. The molecule has 21 heavy (non-hydrogen) atoms. The predicted molar refractivity (Wildman–Crippen MR) is 69.3 cm³/mol. The van der Waals surface area contributed by atoms with E-state index in [0.717, 1.165) is 0 Å². The summed E-state index contributed by atoms with van der Waals surface area (Å²) in [6.45, 7) is -2.42. The minimum atomic E-state index is -3.00. The van der Waals surface area contributed by atoms with E-state index < -0.39 is 24.4 Å². The minimum Gasteiger partial charge on any atom is -0.481 e. The standard InChI is InChI=1S/C14H15F2NO4/c15-14(16)21-11-4-2-1-3-10(11)12(18)17-7-5-9(6-8-17)13(19)20/h1-4,9,14H,5-8H2,(H,19,20). The van der Waals surface area contributed by atoms with Gasteiger partial charge in [-0.3, -0.25) is 9.59 Å². The van der Waals surface area contributed by atoms with E-state index in [4.69, 9.17) is 5.11 Å². The zero-order valence-corrected chi connectivity index (χ0v) is 11.2. The van der Waals surface area contributed by atoms with Gasteiger partial charge in [0.2, 0.25) is 0 Å². The number of aliphatic carboxylic acids is 1. The van der Waals surface area contributed by atoms with Crippen molar-refractivity contribution >= 4 is 11.9 Å². The van der Waals surface area contributed by atoms with Crippen molar-refractivity contribution < 1.29 is 28.2 Å². The molecule has 0 radical (unpaired) electrons. The van der Waals surface area contributed by atoms with Crippen LogP contribution in [0.4, 0.5) is 8.78 Å². The van der Waals surface area contributed by atoms with Crippen molar-refractivity contribution in [1.82, 2.24) is 4.90 Å². The number of nitrogens with zero attached hydrogens (tertiary/aromatic N) is 1. The van der Waals surface area contributed by atoms with Gasteiger partial charge in [0, 0.05) is 13.1 Å². The molecule has 1 aliphatic rings. The van der Waals surface area contributed by atoms with E-state index in [2.05, 4.69) is 4.74 Å². The third-order valence-electron chi connectivity index (χ3n) is 3.46. The van der Waals surface area contributed by atoms with Gasteiger partial charge in [-0.15, -0.1) is 0 Å². The summed E-state index contributed by atoms with van der Waals surface area (Å²) in [5.41, 5.74) is 0.0616. The maximum absolute atomic E-state index is 12.3. The third kappa shape index (κ3) is 3.68. The second-order valence-corrected chi connectivity index (χ2v) is 4.78. The molecule has 1 aliphatic heterocycles. The number of amides is 1. The van der Waals surface area contributed by atoms with Gasteiger partial charge in [0.15, 0.2) is 0 Å². The van der Waals surface area contributed by atoms with Crippen LogP contribution in [0.15, 0.2) is 24.3 Å². The summed E-state index contributed by atoms with van der Waals surface area (Å²) in [5, 5.41) is 8.92. The molecule has 1 saturated heterocycles. The van der Waals surface area contributed by atoms with Crippen molar-refractivity contribution in [2.75, 3.05) is 13.1 Å². The van der Waals surface area contributed by atoms with Gasteiger partial charge in [-0.2, -0.15) is 8.78 Å². The maximum Gasteiger partial charge on any atom is 0.387 e. The van der Waals surface area contributed by atoms with Gasteiger partial charge in [-0.05, 0) is 25.0 Å². The zero-order chi connectivity index (χ0) is 15.4. The quantitative estimate of drug-likeness (QED) is 0.925. The fourth-order valence-corrected chi connectivity index (χ4v) is 2.34. The Morgan fingerprint density at radius 3 is 2.43 bits per heavy atom. The van der Waals surface area contributed by atoms with Gasteiger partial charge in [-0.25, -0.2) is 0 Å². The van der Waals surface area contributed by atoms with E-state index in [9.17, 15) is 18.4 Å². The summed E-state index contributed by atoms with van der Waals surface area (Å²) < 4.78 is 29.0. The fraction of sp³-hybridized carbons (Fsp3) is 0.429. The SMILES string of the molecule is O=C(O)C1CCN(C(=O)c2ccccc2OC(F)F)CC1. The molecule has 1 aromatic rings. The number of hydrogen-bond acceptors (Lipinski definition) is 3. The average Bonchev–Trinajstić information content (AvgIpc) is 2.46. The Kier molecular flexibility index (Phi) is 4.72. The number of halogens is 2. The molecule has 0 aliphatic carbocycles. The number of hydrogen-bond donors (Lipinski definition) is 1. The van der Waals surface area contributed by atoms with Crippen molar-refractivity contribution in [3.8, 4) is 5.75 Å². The Hall–Kier alpha value is -2.18. The van der Waals surface area contributed by atoms with Gasteiger partial charge in [0.05, 0.1) is 11.5 Å². The molecule has 1 N–H and O–H groups in total. The van der Waals surface area contributed by atoms with E-state index in [0.29, 0.717) is 25.9 Å². The highest BCUT2D eigenvalue weighted by molar-refractivity contribution is 5.97. The number of carboxylic acid groups (broad SMARTS) is 1. The van der Waals surface area contributed by atoms with Crippen LogP contribution in [0.1, 0.15) is 23.2 Å². The molecule has 0 saturated carbocycles. The number of carboxylic acids is 1. The number of likely N-dealkylation sites (tertiary alicyclic amines) is 1. The molecule has 1 amide bonds. The molecular weight excluding hydrogens is 284 g/mol. The molecule has 5 nitrogen and oxygen atoms in total. The van der Waals surface area contributed by atoms with Crippen LogP contribution in [0.25, 0.3) is 0 Å². The lowest BCUT2D eigenvalue weighted by molar-refractivity contribution is -0.143. The number of alkyl halides is 2. The third-order valence-corrected chi connectivity index (χ3v) is 3.46. The van der Waals surface area contributed by atoms with Gasteiger partial charge in [-0.1, -0.05) is 12.1 Å². The fourth-order valence-electron chi connectivity index (χ4n) is 2.34. The van der Waals surface area contributed by atoms with Gasteiger partial charge < -0.3 is 14.7 Å². The molecule has 1 aromatic carbocycles. The molecule has 0 atom stereocenters. The van der Waals surface area contributed by atoms with Gasteiger partial charge in [0.1, 0.15) is 5.75 Å². The summed E-state index contributed by atoms with van der Waals surface area (Å²) in [6, 6.07) is 5.80. The molecule has 2 rings (SSSR count). The Morgan fingerprint density at radius 1 is 1.24 bits per heavy atom. The Labute approximate surface area is 120 Å². The van der Waals surface area contributed by atoms with E-state index in [-0.39, 0.29) is 11.3 Å². The topological polar surface area (TPSA) is 66.8 Å². The van der Waals surface area contributed by atoms with Crippen LogP contribution in [0, 0.1) is 5.92 Å². The van der Waals surface area contributed by atoms with Crippen molar-refractivity contribution in [3.05, 3.63) is 29.8 Å². The van der Waals surface area contributed by atoms with Crippen LogP contribution in [0.2, 0.25) is 0 Å². The minimum absolute atomic E-state index is 0.0616. The highest BCUT2D eigenvalue weighted by atomic mass is 19.3. The van der Waals surface area contributed by atoms with Crippen LogP contribution >= 0.6 is 0 Å². The van der Waals surface area contributed by atoms with Crippen molar-refractivity contribution in [3.63, 3.8) is 0 Å². The first-order valence-corrected chi connectivity index (χ1v) is 6.55. The first-order chi connectivity index (χ1) is 9.99. The Bertz CT molecular complexity index is 527. The molecule has 0 unspecified atom stereocenters. The smallest absolute Gasteiger partial charge is 0.387 e. The summed E-state index contributed by atoms with van der Waals surface area (Å²) in [6.07, 6.45) is 0.720. The van der Waals surface area contributed by atoms with Crippen LogP contribution < -0.4 is 4.74 Å². The van der Waals surface area contributed by atoms with Crippen molar-refractivity contribution in [1.29, 1.82) is 0 Å². The molecule has 0 bridgehead atoms. The number of benzene rings is 1. The number of carbonyl (C=O) groups is 2. The molecular formula is C14H15F2NO4. The predicted octanol–water partition coefficient (Wildman–Crippen LogP) is 2.22. The number of ether oxygens (including phenoxy) is 1. The molecule has 1 fully saturated rings. The summed E-state index contributed by atoms with van der Waals surface area (Å²) in [4.78, 5) is 24.7. The maximum atomic E-state index is 12.3. The lowest BCUT2D eigenvalue weighted by Crippen LogP contribution is -2.40. The lowest BCUT2D eigenvalue weighted by atomic mass is 9.96. The Morgan fingerprint density at radius 2 is 1.86 bits per heavy atom. The molecule has 0 spiro atoms. The van der Waals surface area contributed by atoms with Crippen molar-refractivity contribution in [2.45, 2.75) is 19.5 Å². The van der Waals surface area contributed by atoms with Crippen LogP contribution in [0.5, 0.6) is 5.75 Å². The summed E-state index contributed by atoms with van der Waals surface area (Å²) in [7, 11) is 0.